The molecule has 2 rings (SSSR count). The number of primary amides is 1. The van der Waals surface area contributed by atoms with Crippen molar-refractivity contribution in [3.8, 4) is 0 Å². The average molecular weight is 247 g/mol. The zero-order valence-electron chi connectivity index (χ0n) is 11.1. The molecule has 0 unspecified atom stereocenters. The van der Waals surface area contributed by atoms with E-state index in [4.69, 9.17) is 11.5 Å². The first-order valence-electron chi connectivity index (χ1n) is 6.33. The highest BCUT2D eigenvalue weighted by atomic mass is 16.1. The number of rotatable bonds is 2. The number of benzene rings is 1. The van der Waals surface area contributed by atoms with Crippen molar-refractivity contribution in [2.24, 2.45) is 11.1 Å². The lowest BCUT2D eigenvalue weighted by atomic mass is 9.84. The van der Waals surface area contributed by atoms with Gasteiger partial charge in [0.2, 0.25) is 0 Å². The van der Waals surface area contributed by atoms with Crippen LogP contribution in [-0.2, 0) is 0 Å². The van der Waals surface area contributed by atoms with E-state index in [1.165, 1.54) is 6.42 Å². The van der Waals surface area contributed by atoms with Crippen molar-refractivity contribution in [3.63, 3.8) is 0 Å². The summed E-state index contributed by atoms with van der Waals surface area (Å²) < 4.78 is 0. The Hall–Kier alpha value is -1.71. The summed E-state index contributed by atoms with van der Waals surface area (Å²) in [6.45, 7) is 6.41. The smallest absolute Gasteiger partial charge is 0.250 e. The van der Waals surface area contributed by atoms with Gasteiger partial charge in [0.1, 0.15) is 0 Å². The Kier molecular flexibility index (Phi) is 3.20. The van der Waals surface area contributed by atoms with Gasteiger partial charge in [0, 0.05) is 24.5 Å². The minimum Gasteiger partial charge on any atom is -0.399 e. The van der Waals surface area contributed by atoms with Crippen LogP contribution in [0.2, 0.25) is 0 Å². The number of nitrogens with two attached hydrogens (primary N) is 2. The number of hydrogen-bond donors (Lipinski definition) is 2. The normalized spacial score (nSPS) is 18.7. The van der Waals surface area contributed by atoms with Gasteiger partial charge in [-0.1, -0.05) is 13.8 Å². The first kappa shape index (κ1) is 12.7. The standard InChI is InChI=1S/C14H21N3O/c1-14(2)6-3-7-17(9-14)12-5-4-10(15)8-11(12)13(16)18/h4-5,8H,3,6-7,9,15H2,1-2H3,(H2,16,18). The quantitative estimate of drug-likeness (QED) is 0.785. The molecule has 0 atom stereocenters. The number of carbonyl (C=O) groups excluding carboxylic acids is 1. The Labute approximate surface area is 108 Å². The molecule has 1 aromatic carbocycles. The summed E-state index contributed by atoms with van der Waals surface area (Å²) in [7, 11) is 0. The van der Waals surface area contributed by atoms with Crippen LogP contribution in [0.4, 0.5) is 11.4 Å². The van der Waals surface area contributed by atoms with Crippen LogP contribution in [0.15, 0.2) is 18.2 Å². The zero-order chi connectivity index (χ0) is 13.3. The van der Waals surface area contributed by atoms with Gasteiger partial charge in [-0.05, 0) is 36.5 Å². The third-order valence-electron chi connectivity index (χ3n) is 3.53. The minimum atomic E-state index is -0.416. The Balaban J connectivity index is 2.35. The van der Waals surface area contributed by atoms with Crippen molar-refractivity contribution in [2.75, 3.05) is 23.7 Å². The third kappa shape index (κ3) is 2.58. The second-order valence-corrected chi connectivity index (χ2v) is 5.83. The van der Waals surface area contributed by atoms with Crippen molar-refractivity contribution >= 4 is 17.3 Å². The van der Waals surface area contributed by atoms with Gasteiger partial charge in [0.15, 0.2) is 0 Å². The van der Waals surface area contributed by atoms with E-state index in [9.17, 15) is 4.79 Å². The number of carbonyl (C=O) groups is 1. The van der Waals surface area contributed by atoms with Crippen LogP contribution in [-0.4, -0.2) is 19.0 Å². The van der Waals surface area contributed by atoms with Gasteiger partial charge in [0.25, 0.3) is 5.91 Å². The zero-order valence-corrected chi connectivity index (χ0v) is 11.1. The average Bonchev–Trinajstić information content (AvgIpc) is 2.27. The lowest BCUT2D eigenvalue weighted by molar-refractivity contribution is 0.100. The summed E-state index contributed by atoms with van der Waals surface area (Å²) in [6.07, 6.45) is 2.35. The molecule has 0 saturated carbocycles. The van der Waals surface area contributed by atoms with Crippen molar-refractivity contribution in [3.05, 3.63) is 23.8 Å². The molecule has 1 aliphatic heterocycles. The molecule has 18 heavy (non-hydrogen) atoms. The summed E-state index contributed by atoms with van der Waals surface area (Å²) in [4.78, 5) is 13.8. The van der Waals surface area contributed by atoms with Crippen LogP contribution in [0.25, 0.3) is 0 Å². The van der Waals surface area contributed by atoms with Crippen molar-refractivity contribution in [1.29, 1.82) is 0 Å². The lowest BCUT2D eigenvalue weighted by Gasteiger charge is -2.40. The molecule has 1 saturated heterocycles. The van der Waals surface area contributed by atoms with Crippen LogP contribution in [0.5, 0.6) is 0 Å². The number of hydrogen-bond acceptors (Lipinski definition) is 3. The molecule has 98 valence electrons. The van der Waals surface area contributed by atoms with Crippen molar-refractivity contribution in [2.45, 2.75) is 26.7 Å². The largest absolute Gasteiger partial charge is 0.399 e. The molecule has 0 spiro atoms. The number of piperidine rings is 1. The predicted octanol–water partition coefficient (Wildman–Crippen LogP) is 1.99. The van der Waals surface area contributed by atoms with E-state index in [-0.39, 0.29) is 5.41 Å². The molecule has 0 radical (unpaired) electrons. The van der Waals surface area contributed by atoms with E-state index in [0.717, 1.165) is 25.2 Å². The van der Waals surface area contributed by atoms with Gasteiger partial charge in [0.05, 0.1) is 5.56 Å². The Morgan fingerprint density at radius 3 is 2.72 bits per heavy atom. The number of nitrogens with zero attached hydrogens (tertiary/aromatic N) is 1. The molecule has 4 N–H and O–H groups in total. The summed E-state index contributed by atoms with van der Waals surface area (Å²) >= 11 is 0. The van der Waals surface area contributed by atoms with E-state index in [0.29, 0.717) is 11.3 Å². The van der Waals surface area contributed by atoms with Crippen LogP contribution in [0.1, 0.15) is 37.0 Å². The molecule has 1 heterocycles. The number of nitrogen functional groups attached to an aromatic ring is 1. The van der Waals surface area contributed by atoms with E-state index < -0.39 is 5.91 Å². The topological polar surface area (TPSA) is 72.3 Å². The van der Waals surface area contributed by atoms with Crippen molar-refractivity contribution < 1.29 is 4.79 Å². The molecule has 0 aromatic heterocycles. The van der Waals surface area contributed by atoms with Gasteiger partial charge in [-0.3, -0.25) is 4.79 Å². The lowest BCUT2D eigenvalue weighted by Crippen LogP contribution is -2.41. The van der Waals surface area contributed by atoms with Crippen molar-refractivity contribution in [1.82, 2.24) is 0 Å². The maximum atomic E-state index is 11.5. The van der Waals surface area contributed by atoms with Crippen LogP contribution >= 0.6 is 0 Å². The Bertz CT molecular complexity index is 468. The highest BCUT2D eigenvalue weighted by Crippen LogP contribution is 2.33. The molecular formula is C14H21N3O. The molecule has 1 amide bonds. The molecule has 1 aromatic rings. The Morgan fingerprint density at radius 1 is 1.39 bits per heavy atom. The van der Waals surface area contributed by atoms with E-state index in [1.54, 1.807) is 6.07 Å². The van der Waals surface area contributed by atoms with Crippen LogP contribution in [0.3, 0.4) is 0 Å². The van der Waals surface area contributed by atoms with Gasteiger partial charge in [-0.15, -0.1) is 0 Å². The highest BCUT2D eigenvalue weighted by molar-refractivity contribution is 5.99. The fourth-order valence-corrected chi connectivity index (χ4v) is 2.66. The first-order chi connectivity index (χ1) is 8.39. The molecule has 1 fully saturated rings. The van der Waals surface area contributed by atoms with E-state index >= 15 is 0 Å². The fourth-order valence-electron chi connectivity index (χ4n) is 2.66. The predicted molar refractivity (Wildman–Crippen MR) is 74.6 cm³/mol. The monoisotopic (exact) mass is 247 g/mol. The Morgan fingerprint density at radius 2 is 2.11 bits per heavy atom. The molecule has 1 aliphatic rings. The second-order valence-electron chi connectivity index (χ2n) is 5.83. The SMILES string of the molecule is CC1(C)CCCN(c2ccc(N)cc2C(N)=O)C1. The van der Waals surface area contributed by atoms with Gasteiger partial charge >= 0.3 is 0 Å². The number of amides is 1. The van der Waals surface area contributed by atoms with Crippen LogP contribution in [0, 0.1) is 5.41 Å². The summed E-state index contributed by atoms with van der Waals surface area (Å²) in [5.41, 5.74) is 13.4. The molecule has 4 nitrogen and oxygen atoms in total. The minimum absolute atomic E-state index is 0.272. The maximum absolute atomic E-state index is 11.5. The number of anilines is 2. The van der Waals surface area contributed by atoms with Gasteiger partial charge < -0.3 is 16.4 Å². The third-order valence-corrected chi connectivity index (χ3v) is 3.53. The van der Waals surface area contributed by atoms with E-state index in [2.05, 4.69) is 18.7 Å². The molecule has 0 aliphatic carbocycles. The summed E-state index contributed by atoms with van der Waals surface area (Å²) in [5.74, 6) is -0.416. The van der Waals surface area contributed by atoms with Gasteiger partial charge in [-0.2, -0.15) is 0 Å². The molecular weight excluding hydrogens is 226 g/mol. The maximum Gasteiger partial charge on any atom is 0.250 e. The van der Waals surface area contributed by atoms with Gasteiger partial charge in [-0.25, -0.2) is 0 Å². The fraction of sp³-hybridized carbons (Fsp3) is 0.500. The summed E-state index contributed by atoms with van der Waals surface area (Å²) in [5, 5.41) is 0. The second kappa shape index (κ2) is 4.52. The highest BCUT2D eigenvalue weighted by Gasteiger charge is 2.28. The first-order valence-corrected chi connectivity index (χ1v) is 6.33. The van der Waals surface area contributed by atoms with E-state index in [1.807, 2.05) is 12.1 Å². The molecule has 4 heteroatoms. The summed E-state index contributed by atoms with van der Waals surface area (Å²) in [6, 6.07) is 5.39. The molecule has 0 bridgehead atoms. The van der Waals surface area contributed by atoms with Crippen LogP contribution < -0.4 is 16.4 Å².